The zero-order chi connectivity index (χ0) is 13.1. The van der Waals surface area contributed by atoms with Gasteiger partial charge in [-0.25, -0.2) is 0 Å². The summed E-state index contributed by atoms with van der Waals surface area (Å²) in [6.07, 6.45) is 0.684. The Kier molecular flexibility index (Phi) is 4.37. The highest BCUT2D eigenvalue weighted by Crippen LogP contribution is 2.28. The Labute approximate surface area is 111 Å². The van der Waals surface area contributed by atoms with Gasteiger partial charge in [0, 0.05) is 13.1 Å². The van der Waals surface area contributed by atoms with Crippen molar-refractivity contribution in [3.05, 3.63) is 22.4 Å². The normalized spacial score (nSPS) is 27.0. The van der Waals surface area contributed by atoms with Crippen molar-refractivity contribution in [3.63, 3.8) is 0 Å². The molecule has 0 radical (unpaired) electrons. The highest BCUT2D eigenvalue weighted by atomic mass is 32.1. The lowest BCUT2D eigenvalue weighted by atomic mass is 10.1. The zero-order valence-corrected chi connectivity index (χ0v) is 11.5. The molecule has 0 aliphatic carbocycles. The van der Waals surface area contributed by atoms with Gasteiger partial charge in [-0.15, -0.1) is 0 Å². The van der Waals surface area contributed by atoms with E-state index < -0.39 is 12.0 Å². The van der Waals surface area contributed by atoms with Crippen molar-refractivity contribution in [1.82, 2.24) is 4.90 Å². The Morgan fingerprint density at radius 3 is 3.00 bits per heavy atom. The SMILES string of the molecule is CCC(C(=O)O)N1CC(C)OC(c2ccsc2)C1. The number of nitrogens with zero attached hydrogens (tertiary/aromatic N) is 1. The molecular weight excluding hydrogens is 250 g/mol. The number of carboxylic acid groups (broad SMARTS) is 1. The molecule has 1 N–H and O–H groups in total. The van der Waals surface area contributed by atoms with Gasteiger partial charge >= 0.3 is 5.97 Å². The van der Waals surface area contributed by atoms with Crippen LogP contribution in [0, 0.1) is 0 Å². The quantitative estimate of drug-likeness (QED) is 0.911. The van der Waals surface area contributed by atoms with Crippen LogP contribution in [0.1, 0.15) is 31.9 Å². The van der Waals surface area contributed by atoms with Crippen molar-refractivity contribution < 1.29 is 14.6 Å². The molecule has 0 saturated carbocycles. The summed E-state index contributed by atoms with van der Waals surface area (Å²) in [5.74, 6) is -0.740. The summed E-state index contributed by atoms with van der Waals surface area (Å²) in [6, 6.07) is 1.64. The molecular formula is C13H19NO3S. The maximum absolute atomic E-state index is 11.2. The van der Waals surface area contributed by atoms with Crippen LogP contribution in [0.15, 0.2) is 16.8 Å². The van der Waals surface area contributed by atoms with E-state index in [2.05, 4.69) is 5.38 Å². The fourth-order valence-electron chi connectivity index (χ4n) is 2.47. The van der Waals surface area contributed by atoms with Gasteiger partial charge in [-0.2, -0.15) is 11.3 Å². The topological polar surface area (TPSA) is 49.8 Å². The lowest BCUT2D eigenvalue weighted by Gasteiger charge is -2.39. The smallest absolute Gasteiger partial charge is 0.320 e. The summed E-state index contributed by atoms with van der Waals surface area (Å²) in [4.78, 5) is 13.3. The van der Waals surface area contributed by atoms with Crippen molar-refractivity contribution in [2.75, 3.05) is 13.1 Å². The first kappa shape index (κ1) is 13.5. The number of hydrogen-bond acceptors (Lipinski definition) is 4. The van der Waals surface area contributed by atoms with Gasteiger partial charge in [0.25, 0.3) is 0 Å². The number of carboxylic acids is 1. The summed E-state index contributed by atoms with van der Waals surface area (Å²) in [7, 11) is 0. The van der Waals surface area contributed by atoms with Crippen LogP contribution in [0.2, 0.25) is 0 Å². The maximum atomic E-state index is 11.2. The molecule has 3 unspecified atom stereocenters. The molecule has 1 fully saturated rings. The summed E-state index contributed by atoms with van der Waals surface area (Å²) >= 11 is 1.64. The third-order valence-electron chi connectivity index (χ3n) is 3.32. The minimum atomic E-state index is -0.740. The molecule has 4 nitrogen and oxygen atoms in total. The van der Waals surface area contributed by atoms with Crippen LogP contribution in [-0.2, 0) is 9.53 Å². The number of hydrogen-bond donors (Lipinski definition) is 1. The number of rotatable bonds is 4. The van der Waals surface area contributed by atoms with E-state index in [1.807, 2.05) is 30.2 Å². The lowest BCUT2D eigenvalue weighted by molar-refractivity contribution is -0.150. The van der Waals surface area contributed by atoms with E-state index >= 15 is 0 Å². The van der Waals surface area contributed by atoms with Crippen LogP contribution in [-0.4, -0.2) is 41.2 Å². The zero-order valence-electron chi connectivity index (χ0n) is 10.7. The summed E-state index contributed by atoms with van der Waals surface area (Å²) in [5, 5.41) is 13.3. The monoisotopic (exact) mass is 269 g/mol. The number of aliphatic carboxylic acids is 1. The molecule has 18 heavy (non-hydrogen) atoms. The van der Waals surface area contributed by atoms with Crippen LogP contribution in [0.25, 0.3) is 0 Å². The molecule has 0 spiro atoms. The molecule has 1 aliphatic heterocycles. The number of carbonyl (C=O) groups is 1. The number of ether oxygens (including phenoxy) is 1. The molecule has 2 rings (SSSR count). The lowest BCUT2D eigenvalue weighted by Crippen LogP contribution is -2.50. The van der Waals surface area contributed by atoms with Gasteiger partial charge in [-0.05, 0) is 35.7 Å². The van der Waals surface area contributed by atoms with Crippen LogP contribution in [0.3, 0.4) is 0 Å². The van der Waals surface area contributed by atoms with Gasteiger partial charge in [0.2, 0.25) is 0 Å². The molecule has 100 valence electrons. The standard InChI is InChI=1S/C13H19NO3S/c1-3-11(13(15)16)14-6-9(2)17-12(7-14)10-4-5-18-8-10/h4-5,8-9,11-12H,3,6-7H2,1-2H3,(H,15,16). The third-order valence-corrected chi connectivity index (χ3v) is 4.02. The van der Waals surface area contributed by atoms with Crippen molar-refractivity contribution in [3.8, 4) is 0 Å². The van der Waals surface area contributed by atoms with E-state index in [0.29, 0.717) is 19.5 Å². The van der Waals surface area contributed by atoms with Crippen LogP contribution in [0.5, 0.6) is 0 Å². The largest absolute Gasteiger partial charge is 0.480 e. The van der Waals surface area contributed by atoms with Crippen molar-refractivity contribution in [2.24, 2.45) is 0 Å². The molecule has 2 heterocycles. The minimum Gasteiger partial charge on any atom is -0.480 e. The second-order valence-electron chi connectivity index (χ2n) is 4.71. The highest BCUT2D eigenvalue weighted by Gasteiger charge is 2.33. The van der Waals surface area contributed by atoms with Gasteiger partial charge in [-0.3, -0.25) is 9.69 Å². The van der Waals surface area contributed by atoms with E-state index in [1.165, 1.54) is 0 Å². The fraction of sp³-hybridized carbons (Fsp3) is 0.615. The van der Waals surface area contributed by atoms with Crippen molar-refractivity contribution >= 4 is 17.3 Å². The molecule has 1 aromatic rings. The molecule has 0 aromatic carbocycles. The van der Waals surface area contributed by atoms with Crippen LogP contribution < -0.4 is 0 Å². The van der Waals surface area contributed by atoms with Crippen LogP contribution >= 0.6 is 11.3 Å². The second-order valence-corrected chi connectivity index (χ2v) is 5.49. The Balaban J connectivity index is 2.11. The van der Waals surface area contributed by atoms with E-state index in [-0.39, 0.29) is 12.2 Å². The summed E-state index contributed by atoms with van der Waals surface area (Å²) < 4.78 is 5.91. The van der Waals surface area contributed by atoms with E-state index in [0.717, 1.165) is 5.56 Å². The molecule has 1 saturated heterocycles. The third kappa shape index (κ3) is 2.91. The first-order valence-corrected chi connectivity index (χ1v) is 7.20. The number of thiophene rings is 1. The molecule has 0 amide bonds. The van der Waals surface area contributed by atoms with Gasteiger partial charge < -0.3 is 9.84 Å². The van der Waals surface area contributed by atoms with E-state index in [9.17, 15) is 9.90 Å². The Morgan fingerprint density at radius 2 is 2.44 bits per heavy atom. The first-order valence-electron chi connectivity index (χ1n) is 6.26. The summed E-state index contributed by atoms with van der Waals surface area (Å²) in [5.41, 5.74) is 1.15. The Morgan fingerprint density at radius 1 is 1.67 bits per heavy atom. The second kappa shape index (κ2) is 5.82. The van der Waals surface area contributed by atoms with Gasteiger partial charge in [0.05, 0.1) is 12.2 Å². The molecule has 5 heteroatoms. The molecule has 3 atom stereocenters. The molecule has 0 bridgehead atoms. The van der Waals surface area contributed by atoms with Gasteiger partial charge in [0.15, 0.2) is 0 Å². The first-order chi connectivity index (χ1) is 8.61. The Bertz CT molecular complexity index is 393. The predicted molar refractivity (Wildman–Crippen MR) is 70.9 cm³/mol. The van der Waals surface area contributed by atoms with Gasteiger partial charge in [0.1, 0.15) is 6.04 Å². The molecule has 1 aromatic heterocycles. The average molecular weight is 269 g/mol. The van der Waals surface area contributed by atoms with Crippen LogP contribution in [0.4, 0.5) is 0 Å². The average Bonchev–Trinajstić information content (AvgIpc) is 2.82. The van der Waals surface area contributed by atoms with E-state index in [1.54, 1.807) is 11.3 Å². The van der Waals surface area contributed by atoms with E-state index in [4.69, 9.17) is 4.74 Å². The van der Waals surface area contributed by atoms with Gasteiger partial charge in [-0.1, -0.05) is 6.92 Å². The number of morpholine rings is 1. The molecule has 1 aliphatic rings. The minimum absolute atomic E-state index is 0.00611. The van der Waals surface area contributed by atoms with Crippen molar-refractivity contribution in [2.45, 2.75) is 38.5 Å². The van der Waals surface area contributed by atoms with Crippen molar-refractivity contribution in [1.29, 1.82) is 0 Å². The Hall–Kier alpha value is -0.910. The summed E-state index contributed by atoms with van der Waals surface area (Å²) in [6.45, 7) is 5.26. The maximum Gasteiger partial charge on any atom is 0.320 e. The predicted octanol–water partition coefficient (Wildman–Crippen LogP) is 2.37. The fourth-order valence-corrected chi connectivity index (χ4v) is 3.17. The highest BCUT2D eigenvalue weighted by molar-refractivity contribution is 7.07.